The SMILES string of the molecule is Cn1c(-c2cccc(Br)c2)cn(CC(=O)c2ccc(-c3ccccc3)cc2)c1=N. The first-order valence-corrected chi connectivity index (χ1v) is 10.1. The number of Topliss-reactive ketones (excluding diaryl/α,β-unsaturated/α-hetero) is 1. The van der Waals surface area contributed by atoms with Crippen LogP contribution in [0, 0.1) is 5.41 Å². The highest BCUT2D eigenvalue weighted by Crippen LogP contribution is 2.22. The summed E-state index contributed by atoms with van der Waals surface area (Å²) in [6.45, 7) is 0.130. The maximum Gasteiger partial charge on any atom is 0.202 e. The van der Waals surface area contributed by atoms with Gasteiger partial charge in [-0.1, -0.05) is 82.7 Å². The van der Waals surface area contributed by atoms with Crippen molar-refractivity contribution in [2.75, 3.05) is 0 Å². The molecule has 0 saturated carbocycles. The minimum atomic E-state index is -0.0190. The van der Waals surface area contributed by atoms with Gasteiger partial charge in [-0.25, -0.2) is 0 Å². The lowest BCUT2D eigenvalue weighted by Gasteiger charge is -2.05. The van der Waals surface area contributed by atoms with E-state index in [-0.39, 0.29) is 17.9 Å². The number of halogens is 1. The number of carbonyl (C=O) groups is 1. The molecule has 0 spiro atoms. The lowest BCUT2D eigenvalue weighted by atomic mass is 10.0. The monoisotopic (exact) mass is 445 g/mol. The Hall–Kier alpha value is -3.18. The minimum Gasteiger partial charge on any atom is -0.314 e. The fourth-order valence-electron chi connectivity index (χ4n) is 3.36. The number of benzene rings is 3. The average Bonchev–Trinajstić information content (AvgIpc) is 3.03. The van der Waals surface area contributed by atoms with Gasteiger partial charge in [0, 0.05) is 28.8 Å². The number of nitrogens with zero attached hydrogens (tertiary/aromatic N) is 2. The van der Waals surface area contributed by atoms with Crippen molar-refractivity contribution in [3.05, 3.63) is 101 Å². The van der Waals surface area contributed by atoms with Gasteiger partial charge in [0.05, 0.1) is 12.2 Å². The van der Waals surface area contributed by atoms with Gasteiger partial charge in [0.15, 0.2) is 5.78 Å². The fourth-order valence-corrected chi connectivity index (χ4v) is 3.76. The summed E-state index contributed by atoms with van der Waals surface area (Å²) in [6.07, 6.45) is 1.86. The summed E-state index contributed by atoms with van der Waals surface area (Å²) in [7, 11) is 1.84. The third kappa shape index (κ3) is 4.00. The minimum absolute atomic E-state index is 0.0190. The van der Waals surface area contributed by atoms with Crippen LogP contribution in [0.3, 0.4) is 0 Å². The molecule has 0 unspecified atom stereocenters. The van der Waals surface area contributed by atoms with Crippen LogP contribution in [0.25, 0.3) is 22.4 Å². The van der Waals surface area contributed by atoms with E-state index in [2.05, 4.69) is 15.9 Å². The Morgan fingerprint density at radius 3 is 2.24 bits per heavy atom. The topological polar surface area (TPSA) is 50.8 Å². The number of rotatable bonds is 5. The van der Waals surface area contributed by atoms with Gasteiger partial charge < -0.3 is 9.13 Å². The van der Waals surface area contributed by atoms with Crippen molar-refractivity contribution in [3.8, 4) is 22.4 Å². The van der Waals surface area contributed by atoms with E-state index in [0.29, 0.717) is 5.56 Å². The van der Waals surface area contributed by atoms with Gasteiger partial charge in [-0.05, 0) is 23.3 Å². The molecule has 4 nitrogen and oxygen atoms in total. The predicted octanol–water partition coefficient (Wildman–Crippen LogP) is 5.29. The van der Waals surface area contributed by atoms with Gasteiger partial charge in [-0.15, -0.1) is 0 Å². The number of aromatic nitrogens is 2. The Kier molecular flexibility index (Phi) is 5.32. The van der Waals surface area contributed by atoms with Crippen LogP contribution in [0.5, 0.6) is 0 Å². The summed E-state index contributed by atoms with van der Waals surface area (Å²) >= 11 is 3.49. The Balaban J connectivity index is 1.57. The molecule has 0 radical (unpaired) electrons. The Labute approximate surface area is 177 Å². The molecule has 0 atom stereocenters. The predicted molar refractivity (Wildman–Crippen MR) is 119 cm³/mol. The summed E-state index contributed by atoms with van der Waals surface area (Å²) < 4.78 is 4.45. The molecule has 0 aliphatic carbocycles. The molecule has 0 fully saturated rings. The second-order valence-corrected chi connectivity index (χ2v) is 7.82. The molecule has 0 aliphatic rings. The van der Waals surface area contributed by atoms with E-state index >= 15 is 0 Å². The van der Waals surface area contributed by atoms with Gasteiger partial charge in [0.1, 0.15) is 0 Å². The third-order valence-electron chi connectivity index (χ3n) is 4.98. The Bertz CT molecular complexity index is 1220. The van der Waals surface area contributed by atoms with Crippen LogP contribution >= 0.6 is 15.9 Å². The number of ketones is 1. The van der Waals surface area contributed by atoms with Crippen molar-refractivity contribution in [3.63, 3.8) is 0 Å². The number of nitrogens with one attached hydrogen (secondary N) is 1. The molecule has 0 amide bonds. The van der Waals surface area contributed by atoms with Crippen molar-refractivity contribution >= 4 is 21.7 Å². The van der Waals surface area contributed by atoms with Gasteiger partial charge in [0.2, 0.25) is 5.62 Å². The summed E-state index contributed by atoms with van der Waals surface area (Å²) in [5.74, 6) is -0.0190. The van der Waals surface area contributed by atoms with Crippen molar-refractivity contribution in [2.24, 2.45) is 7.05 Å². The van der Waals surface area contributed by atoms with E-state index in [1.807, 2.05) is 92.1 Å². The average molecular weight is 446 g/mol. The van der Waals surface area contributed by atoms with Crippen LogP contribution in [-0.2, 0) is 13.6 Å². The number of imidazole rings is 1. The maximum atomic E-state index is 12.8. The second kappa shape index (κ2) is 8.05. The van der Waals surface area contributed by atoms with Crippen LogP contribution in [0.4, 0.5) is 0 Å². The normalized spacial score (nSPS) is 10.8. The zero-order chi connectivity index (χ0) is 20.4. The standard InChI is InChI=1S/C24H20BrN3O/c1-27-22(20-8-5-9-21(25)14-20)15-28(24(27)26)16-23(29)19-12-10-18(11-13-19)17-6-3-2-4-7-17/h2-15,26H,16H2,1H3. The molecule has 4 rings (SSSR count). The van der Waals surface area contributed by atoms with Gasteiger partial charge in [0.25, 0.3) is 0 Å². The van der Waals surface area contributed by atoms with E-state index in [1.54, 1.807) is 9.13 Å². The highest BCUT2D eigenvalue weighted by atomic mass is 79.9. The van der Waals surface area contributed by atoms with Gasteiger partial charge >= 0.3 is 0 Å². The first-order valence-electron chi connectivity index (χ1n) is 9.28. The molecule has 5 heteroatoms. The van der Waals surface area contributed by atoms with Crippen LogP contribution in [-0.4, -0.2) is 14.9 Å². The first kappa shape index (κ1) is 19.2. The lowest BCUT2D eigenvalue weighted by Crippen LogP contribution is -2.25. The molecule has 0 saturated heterocycles. The summed E-state index contributed by atoms with van der Waals surface area (Å²) in [6, 6.07) is 25.6. The maximum absolute atomic E-state index is 12.8. The lowest BCUT2D eigenvalue weighted by molar-refractivity contribution is 0.0970. The molecular formula is C24H20BrN3O. The van der Waals surface area contributed by atoms with Crippen LogP contribution in [0.1, 0.15) is 10.4 Å². The number of carbonyl (C=O) groups excluding carboxylic acids is 1. The first-order chi connectivity index (χ1) is 14.0. The van der Waals surface area contributed by atoms with Crippen molar-refractivity contribution in [1.82, 2.24) is 9.13 Å². The molecule has 144 valence electrons. The molecule has 1 N–H and O–H groups in total. The summed E-state index contributed by atoms with van der Waals surface area (Å²) in [5.41, 5.74) is 5.01. The number of hydrogen-bond acceptors (Lipinski definition) is 2. The van der Waals surface area contributed by atoms with E-state index in [9.17, 15) is 4.79 Å². The second-order valence-electron chi connectivity index (χ2n) is 6.90. The van der Waals surface area contributed by atoms with E-state index in [4.69, 9.17) is 5.41 Å². The summed E-state index contributed by atoms with van der Waals surface area (Å²) in [4.78, 5) is 12.8. The Morgan fingerprint density at radius 2 is 1.55 bits per heavy atom. The van der Waals surface area contributed by atoms with Crippen LogP contribution < -0.4 is 5.62 Å². The molecular weight excluding hydrogens is 426 g/mol. The molecule has 3 aromatic carbocycles. The zero-order valence-corrected chi connectivity index (χ0v) is 17.6. The Morgan fingerprint density at radius 1 is 0.897 bits per heavy atom. The third-order valence-corrected chi connectivity index (χ3v) is 5.47. The zero-order valence-electron chi connectivity index (χ0n) is 16.0. The largest absolute Gasteiger partial charge is 0.314 e. The molecule has 0 bridgehead atoms. The smallest absolute Gasteiger partial charge is 0.202 e. The van der Waals surface area contributed by atoms with Gasteiger partial charge in [-0.3, -0.25) is 10.2 Å². The molecule has 29 heavy (non-hydrogen) atoms. The van der Waals surface area contributed by atoms with Gasteiger partial charge in [-0.2, -0.15) is 0 Å². The van der Waals surface area contributed by atoms with E-state index in [0.717, 1.165) is 26.9 Å². The molecule has 1 aromatic heterocycles. The quantitative estimate of drug-likeness (QED) is 0.417. The molecule has 0 aliphatic heterocycles. The highest BCUT2D eigenvalue weighted by molar-refractivity contribution is 9.10. The summed E-state index contributed by atoms with van der Waals surface area (Å²) in [5, 5.41) is 8.38. The van der Waals surface area contributed by atoms with Crippen LogP contribution in [0.2, 0.25) is 0 Å². The highest BCUT2D eigenvalue weighted by Gasteiger charge is 2.13. The fraction of sp³-hybridized carbons (Fsp3) is 0.0833. The van der Waals surface area contributed by atoms with E-state index < -0.39 is 0 Å². The van der Waals surface area contributed by atoms with E-state index in [1.165, 1.54) is 0 Å². The van der Waals surface area contributed by atoms with Crippen molar-refractivity contribution < 1.29 is 4.79 Å². The molecule has 4 aromatic rings. The number of hydrogen-bond donors (Lipinski definition) is 1. The van der Waals surface area contributed by atoms with Crippen molar-refractivity contribution in [2.45, 2.75) is 6.54 Å². The van der Waals surface area contributed by atoms with Crippen LogP contribution in [0.15, 0.2) is 89.5 Å². The molecule has 1 heterocycles. The van der Waals surface area contributed by atoms with Crippen molar-refractivity contribution in [1.29, 1.82) is 5.41 Å².